The molecule has 0 unspecified atom stereocenters. The van der Waals surface area contributed by atoms with E-state index in [1.807, 2.05) is 4.90 Å². The lowest BCUT2D eigenvalue weighted by Gasteiger charge is -2.44. The van der Waals surface area contributed by atoms with Gasteiger partial charge in [-0.05, 0) is 67.9 Å². The number of phenolic OH excluding ortho intramolecular Hbond substituents is 1. The van der Waals surface area contributed by atoms with Crippen molar-refractivity contribution in [3.63, 3.8) is 0 Å². The zero-order valence-corrected chi connectivity index (χ0v) is 20.2. The third-order valence-corrected chi connectivity index (χ3v) is 7.91. The zero-order chi connectivity index (χ0) is 25.9. The van der Waals surface area contributed by atoms with Gasteiger partial charge in [0.15, 0.2) is 0 Å². The van der Waals surface area contributed by atoms with Crippen LogP contribution in [0.1, 0.15) is 38.5 Å². The molecule has 2 aromatic heterocycles. The summed E-state index contributed by atoms with van der Waals surface area (Å²) in [7, 11) is 1.66. The van der Waals surface area contributed by atoms with Gasteiger partial charge in [0.05, 0.1) is 6.20 Å². The van der Waals surface area contributed by atoms with Crippen LogP contribution in [0.5, 0.6) is 5.75 Å². The fourth-order valence-corrected chi connectivity index (χ4v) is 5.80. The molecule has 3 fully saturated rings. The molecular formula is C26H27F3N6O2. The van der Waals surface area contributed by atoms with Crippen LogP contribution in [-0.4, -0.2) is 54.7 Å². The quantitative estimate of drug-likeness (QED) is 0.537. The summed E-state index contributed by atoms with van der Waals surface area (Å²) in [5, 5.41) is 22.1. The van der Waals surface area contributed by atoms with Crippen LogP contribution in [0.25, 0.3) is 22.4 Å². The van der Waals surface area contributed by atoms with Crippen LogP contribution in [0, 0.1) is 0 Å². The van der Waals surface area contributed by atoms with Crippen LogP contribution < -0.4 is 15.8 Å². The molecule has 3 atom stereocenters. The second-order valence-corrected chi connectivity index (χ2v) is 10.4. The molecule has 194 valence electrons. The first-order valence-corrected chi connectivity index (χ1v) is 12.5. The molecule has 1 saturated carbocycles. The molecule has 2 aliphatic heterocycles. The standard InChI is InChI=1S/C26H27F3N6O2/c1-34-9-7-16(11-23(34)37)15-2-5-20(22(36)10-15)21-14-30-24(33-32-21)35(18-3-4-18)19-12-17-6-8-25(13-19,31-17)26(27,28)29/h2,5,7,9-11,14,17-19,31,36H,3-4,6,8,12-13H2,1H3/t17-,19-,25+/m0/s1. The highest BCUT2D eigenvalue weighted by Gasteiger charge is 2.62. The molecule has 2 N–H and O–H groups in total. The van der Waals surface area contributed by atoms with Crippen molar-refractivity contribution in [2.45, 2.75) is 68.4 Å². The van der Waals surface area contributed by atoms with Crippen molar-refractivity contribution < 1.29 is 18.3 Å². The maximum Gasteiger partial charge on any atom is 0.406 e. The lowest BCUT2D eigenvalue weighted by atomic mass is 9.86. The summed E-state index contributed by atoms with van der Waals surface area (Å²) < 4.78 is 43.4. The van der Waals surface area contributed by atoms with Crippen LogP contribution in [0.4, 0.5) is 19.1 Å². The zero-order valence-electron chi connectivity index (χ0n) is 20.2. The number of anilines is 1. The summed E-state index contributed by atoms with van der Waals surface area (Å²) in [5.41, 5.74) is 0.123. The van der Waals surface area contributed by atoms with Crippen molar-refractivity contribution in [1.82, 2.24) is 25.1 Å². The lowest BCUT2D eigenvalue weighted by molar-refractivity contribution is -0.199. The maximum atomic E-state index is 14.0. The predicted octanol–water partition coefficient (Wildman–Crippen LogP) is 3.79. The van der Waals surface area contributed by atoms with E-state index in [1.165, 1.54) is 16.8 Å². The number of aryl methyl sites for hydroxylation is 1. The van der Waals surface area contributed by atoms with Crippen molar-refractivity contribution in [1.29, 1.82) is 0 Å². The highest BCUT2D eigenvalue weighted by atomic mass is 19.4. The van der Waals surface area contributed by atoms with Crippen LogP contribution in [0.15, 0.2) is 47.5 Å². The van der Waals surface area contributed by atoms with Gasteiger partial charge in [0.25, 0.3) is 5.56 Å². The Hall–Kier alpha value is -3.47. The van der Waals surface area contributed by atoms with Gasteiger partial charge in [0.1, 0.15) is 17.0 Å². The number of hydrogen-bond donors (Lipinski definition) is 2. The maximum absolute atomic E-state index is 14.0. The third kappa shape index (κ3) is 4.24. The number of phenols is 1. The molecule has 0 spiro atoms. The van der Waals surface area contributed by atoms with Crippen molar-refractivity contribution in [2.75, 3.05) is 4.90 Å². The Labute approximate surface area is 211 Å². The van der Waals surface area contributed by atoms with Crippen LogP contribution in [0.3, 0.4) is 0 Å². The average Bonchev–Trinajstić information content (AvgIpc) is 3.64. The van der Waals surface area contributed by atoms with E-state index in [0.29, 0.717) is 41.2 Å². The lowest BCUT2D eigenvalue weighted by Crippen LogP contribution is -2.62. The minimum atomic E-state index is -4.31. The van der Waals surface area contributed by atoms with Gasteiger partial charge in [-0.25, -0.2) is 4.98 Å². The van der Waals surface area contributed by atoms with Crippen molar-refractivity contribution in [3.8, 4) is 28.1 Å². The smallest absolute Gasteiger partial charge is 0.406 e. The second-order valence-electron chi connectivity index (χ2n) is 10.4. The van der Waals surface area contributed by atoms with Gasteiger partial charge in [-0.15, -0.1) is 10.2 Å². The number of piperidine rings is 1. The molecule has 2 bridgehead atoms. The molecule has 1 aliphatic carbocycles. The fourth-order valence-electron chi connectivity index (χ4n) is 5.80. The van der Waals surface area contributed by atoms with Crippen LogP contribution >= 0.6 is 0 Å². The number of rotatable bonds is 5. The Morgan fingerprint density at radius 3 is 2.54 bits per heavy atom. The number of nitrogens with zero attached hydrogens (tertiary/aromatic N) is 5. The number of aromatic hydroxyl groups is 1. The van der Waals surface area contributed by atoms with Crippen molar-refractivity contribution in [2.24, 2.45) is 7.05 Å². The molecule has 0 amide bonds. The monoisotopic (exact) mass is 512 g/mol. The Morgan fingerprint density at radius 1 is 1.11 bits per heavy atom. The third-order valence-electron chi connectivity index (χ3n) is 7.91. The van der Waals surface area contributed by atoms with Gasteiger partial charge in [0.2, 0.25) is 5.95 Å². The van der Waals surface area contributed by atoms with Gasteiger partial charge in [-0.2, -0.15) is 13.2 Å². The minimum Gasteiger partial charge on any atom is -0.507 e. The molecule has 11 heteroatoms. The molecule has 0 radical (unpaired) electrons. The number of alkyl halides is 3. The molecule has 37 heavy (non-hydrogen) atoms. The van der Waals surface area contributed by atoms with Crippen molar-refractivity contribution >= 4 is 5.95 Å². The highest BCUT2D eigenvalue weighted by molar-refractivity contribution is 5.73. The normalized spacial score (nSPS) is 25.3. The van der Waals surface area contributed by atoms with E-state index in [0.717, 1.165) is 12.8 Å². The summed E-state index contributed by atoms with van der Waals surface area (Å²) >= 11 is 0. The van der Waals surface area contributed by atoms with E-state index in [1.54, 1.807) is 37.5 Å². The van der Waals surface area contributed by atoms with E-state index in [9.17, 15) is 23.1 Å². The number of benzene rings is 1. The second kappa shape index (κ2) is 8.54. The molecule has 6 rings (SSSR count). The van der Waals surface area contributed by atoms with E-state index in [4.69, 9.17) is 0 Å². The summed E-state index contributed by atoms with van der Waals surface area (Å²) in [6.45, 7) is 0. The molecule has 1 aromatic carbocycles. The largest absolute Gasteiger partial charge is 0.507 e. The molecule has 4 heterocycles. The van der Waals surface area contributed by atoms with Gasteiger partial charge >= 0.3 is 6.18 Å². The van der Waals surface area contributed by atoms with E-state index in [2.05, 4.69) is 20.5 Å². The summed E-state index contributed by atoms with van der Waals surface area (Å²) in [6.07, 6.45) is 1.83. The molecular weight excluding hydrogens is 485 g/mol. The SMILES string of the molecule is Cn1ccc(-c2ccc(-c3cnc(N(C4CC4)[C@H]4C[C@@H]5CC[C@](C(F)(F)F)(C4)N5)nn3)c(O)c2)cc1=O. The Kier molecular flexibility index (Phi) is 5.52. The number of halogens is 3. The van der Waals surface area contributed by atoms with Crippen LogP contribution in [0.2, 0.25) is 0 Å². The van der Waals surface area contributed by atoms with Gasteiger partial charge in [0, 0.05) is 43.0 Å². The summed E-state index contributed by atoms with van der Waals surface area (Å²) in [6, 6.07) is 7.92. The Balaban J connectivity index is 1.26. The first-order valence-electron chi connectivity index (χ1n) is 12.5. The van der Waals surface area contributed by atoms with Gasteiger partial charge < -0.3 is 19.9 Å². The van der Waals surface area contributed by atoms with E-state index >= 15 is 0 Å². The summed E-state index contributed by atoms with van der Waals surface area (Å²) in [5.74, 6) is 0.286. The topological polar surface area (TPSA) is 96.2 Å². The van der Waals surface area contributed by atoms with Gasteiger partial charge in [-0.1, -0.05) is 6.07 Å². The predicted molar refractivity (Wildman–Crippen MR) is 131 cm³/mol. The molecule has 2 saturated heterocycles. The molecule has 3 aromatic rings. The summed E-state index contributed by atoms with van der Waals surface area (Å²) in [4.78, 5) is 18.4. The minimum absolute atomic E-state index is 0.0283. The number of pyridine rings is 1. The Morgan fingerprint density at radius 2 is 1.89 bits per heavy atom. The van der Waals surface area contributed by atoms with Crippen LogP contribution in [-0.2, 0) is 7.05 Å². The highest BCUT2D eigenvalue weighted by Crippen LogP contribution is 2.49. The number of aromatic nitrogens is 4. The fraction of sp³-hybridized carbons (Fsp3) is 0.462. The first-order chi connectivity index (χ1) is 17.6. The number of hydrogen-bond acceptors (Lipinski definition) is 7. The molecule has 3 aliphatic rings. The van der Waals surface area contributed by atoms with Crippen molar-refractivity contribution in [3.05, 3.63) is 53.1 Å². The van der Waals surface area contributed by atoms with E-state index < -0.39 is 11.7 Å². The number of fused-ring (bicyclic) bond motifs is 2. The number of nitrogens with one attached hydrogen (secondary N) is 1. The Bertz CT molecular complexity index is 1390. The molecule has 8 nitrogen and oxygen atoms in total. The first kappa shape index (κ1) is 23.9. The van der Waals surface area contributed by atoms with E-state index in [-0.39, 0.29) is 42.3 Å². The van der Waals surface area contributed by atoms with Gasteiger partial charge in [-0.3, -0.25) is 4.79 Å². The average molecular weight is 513 g/mol.